The van der Waals surface area contributed by atoms with E-state index in [0.29, 0.717) is 17.8 Å². The van der Waals surface area contributed by atoms with Gasteiger partial charge in [-0.3, -0.25) is 4.98 Å². The Bertz CT molecular complexity index is 1210. The number of fused-ring (bicyclic) bond motifs is 2. The fourth-order valence-electron chi connectivity index (χ4n) is 8.30. The van der Waals surface area contributed by atoms with Crippen LogP contribution in [0.15, 0.2) is 72.1 Å². The van der Waals surface area contributed by atoms with E-state index in [1.807, 2.05) is 12.4 Å². The number of ether oxygens (including phenoxy) is 1. The first-order chi connectivity index (χ1) is 15.6. The molecule has 1 aromatic heterocycles. The summed E-state index contributed by atoms with van der Waals surface area (Å²) in [5.74, 6) is 1.85. The van der Waals surface area contributed by atoms with Crippen LogP contribution < -0.4 is 0 Å². The minimum Gasteiger partial charge on any atom is -0.359 e. The van der Waals surface area contributed by atoms with E-state index < -0.39 is 0 Å². The largest absolute Gasteiger partial charge is 0.359 e. The minimum absolute atomic E-state index is 0.0300. The van der Waals surface area contributed by atoms with Crippen LogP contribution in [-0.4, -0.2) is 16.2 Å². The molecule has 0 amide bonds. The number of nitrogens with zero attached hydrogens (tertiary/aromatic N) is 1. The number of benzene rings is 1. The van der Waals surface area contributed by atoms with Gasteiger partial charge in [0.1, 0.15) is 0 Å². The highest BCUT2D eigenvalue weighted by Crippen LogP contribution is 2.69. The summed E-state index contributed by atoms with van der Waals surface area (Å²) in [6.07, 6.45) is 22.3. The molecule has 2 fully saturated rings. The molecular formula is C30H33NO. The van der Waals surface area contributed by atoms with Crippen molar-refractivity contribution in [3.8, 4) is 0 Å². The van der Waals surface area contributed by atoms with E-state index in [1.165, 1.54) is 66.0 Å². The number of allylic oxidation sites excluding steroid dienone is 2. The highest BCUT2D eigenvalue weighted by molar-refractivity contribution is 5.82. The number of hydrogen-bond donors (Lipinski definition) is 0. The van der Waals surface area contributed by atoms with E-state index in [9.17, 15) is 0 Å². The van der Waals surface area contributed by atoms with Gasteiger partial charge in [-0.25, -0.2) is 0 Å². The van der Waals surface area contributed by atoms with Crippen LogP contribution in [-0.2, 0) is 4.74 Å². The Labute approximate surface area is 191 Å². The van der Waals surface area contributed by atoms with Crippen molar-refractivity contribution >= 4 is 10.8 Å². The molecule has 1 saturated carbocycles. The van der Waals surface area contributed by atoms with Gasteiger partial charge in [0.15, 0.2) is 0 Å². The van der Waals surface area contributed by atoms with E-state index in [-0.39, 0.29) is 16.6 Å². The van der Waals surface area contributed by atoms with E-state index in [2.05, 4.69) is 67.4 Å². The molecule has 2 bridgehead atoms. The molecule has 2 aromatic rings. The summed E-state index contributed by atoms with van der Waals surface area (Å²) in [4.78, 5) is 4.37. The summed E-state index contributed by atoms with van der Waals surface area (Å²) < 4.78 is 7.35. The maximum Gasteiger partial charge on any atom is 0.0975 e. The third kappa shape index (κ3) is 2.37. The predicted molar refractivity (Wildman–Crippen MR) is 129 cm³/mol. The van der Waals surface area contributed by atoms with Gasteiger partial charge in [0, 0.05) is 17.8 Å². The lowest BCUT2D eigenvalue weighted by molar-refractivity contribution is -0.131. The fraction of sp³-hybridized carbons (Fsp3) is 0.500. The summed E-state index contributed by atoms with van der Waals surface area (Å²) in [6, 6.07) is 9.20. The molecule has 32 heavy (non-hydrogen) atoms. The molecule has 1 aromatic carbocycles. The lowest BCUT2D eigenvalue weighted by Gasteiger charge is -2.53. The quantitative estimate of drug-likeness (QED) is 0.506. The van der Waals surface area contributed by atoms with Gasteiger partial charge in [-0.2, -0.15) is 0 Å². The topological polar surface area (TPSA) is 22.1 Å². The van der Waals surface area contributed by atoms with Crippen molar-refractivity contribution in [1.29, 1.82) is 0 Å². The Hall–Kier alpha value is -2.19. The van der Waals surface area contributed by atoms with Crippen molar-refractivity contribution < 1.29 is 4.74 Å². The second-order valence-corrected chi connectivity index (χ2v) is 11.4. The van der Waals surface area contributed by atoms with Crippen molar-refractivity contribution in [3.63, 3.8) is 0 Å². The molecule has 2 aliphatic heterocycles. The zero-order valence-corrected chi connectivity index (χ0v) is 19.3. The van der Waals surface area contributed by atoms with Crippen molar-refractivity contribution in [2.75, 3.05) is 0 Å². The molecule has 2 nitrogen and oxygen atoms in total. The third-order valence-corrected chi connectivity index (χ3v) is 10.00. The second kappa shape index (κ2) is 6.44. The summed E-state index contributed by atoms with van der Waals surface area (Å²) in [5.41, 5.74) is 4.60. The Kier molecular flexibility index (Phi) is 3.88. The van der Waals surface area contributed by atoms with Crippen LogP contribution in [0.1, 0.15) is 70.3 Å². The van der Waals surface area contributed by atoms with E-state index in [4.69, 9.17) is 4.74 Å². The highest BCUT2D eigenvalue weighted by atomic mass is 16.5. The van der Waals surface area contributed by atoms with Crippen LogP contribution in [0.4, 0.5) is 0 Å². The first-order valence-corrected chi connectivity index (χ1v) is 12.7. The number of rotatable bonds is 2. The summed E-state index contributed by atoms with van der Waals surface area (Å²) in [7, 11) is 0. The van der Waals surface area contributed by atoms with Gasteiger partial charge in [-0.15, -0.1) is 0 Å². The van der Waals surface area contributed by atoms with Gasteiger partial charge in [0.25, 0.3) is 0 Å². The van der Waals surface area contributed by atoms with Crippen molar-refractivity contribution in [1.82, 2.24) is 4.98 Å². The number of pyridine rings is 1. The van der Waals surface area contributed by atoms with Gasteiger partial charge >= 0.3 is 0 Å². The van der Waals surface area contributed by atoms with Gasteiger partial charge in [-0.05, 0) is 102 Å². The molecule has 5 aliphatic rings. The smallest absolute Gasteiger partial charge is 0.0975 e. The van der Waals surface area contributed by atoms with Gasteiger partial charge in [-0.1, -0.05) is 50.3 Å². The third-order valence-electron chi connectivity index (χ3n) is 10.00. The summed E-state index contributed by atoms with van der Waals surface area (Å²) in [5, 5.41) is 2.55. The molecule has 7 rings (SSSR count). The van der Waals surface area contributed by atoms with Crippen LogP contribution in [0, 0.1) is 17.3 Å². The van der Waals surface area contributed by atoms with E-state index >= 15 is 0 Å². The number of hydrogen-bond acceptors (Lipinski definition) is 2. The van der Waals surface area contributed by atoms with Gasteiger partial charge < -0.3 is 4.74 Å². The van der Waals surface area contributed by atoms with Crippen molar-refractivity contribution in [3.05, 3.63) is 77.7 Å². The molecule has 0 radical (unpaired) electrons. The molecule has 164 valence electrons. The SMILES string of the molecule is CCC1C=CC2=CC3=CCC4(C)C(c5ccc6ccncc6c5)CCC4C34CCC2(C1)O4. The normalized spacial score (nSPS) is 41.6. The van der Waals surface area contributed by atoms with Crippen LogP contribution >= 0.6 is 0 Å². The van der Waals surface area contributed by atoms with E-state index in [0.717, 1.165) is 6.42 Å². The molecule has 3 heterocycles. The Morgan fingerprint density at radius 3 is 2.94 bits per heavy atom. The molecule has 2 heteroatoms. The van der Waals surface area contributed by atoms with E-state index in [1.54, 1.807) is 0 Å². The molecular weight excluding hydrogens is 390 g/mol. The average molecular weight is 424 g/mol. The molecule has 3 aliphatic carbocycles. The first-order valence-electron chi connectivity index (χ1n) is 12.7. The minimum atomic E-state index is -0.0624. The monoisotopic (exact) mass is 423 g/mol. The van der Waals surface area contributed by atoms with Crippen LogP contribution in [0.2, 0.25) is 0 Å². The Morgan fingerprint density at radius 1 is 1.09 bits per heavy atom. The number of aromatic nitrogens is 1. The summed E-state index contributed by atoms with van der Waals surface area (Å²) in [6.45, 7) is 4.88. The van der Waals surface area contributed by atoms with Crippen molar-refractivity contribution in [2.45, 2.75) is 75.9 Å². The maximum absolute atomic E-state index is 7.35. The lowest BCUT2D eigenvalue weighted by Crippen LogP contribution is -2.53. The fourth-order valence-corrected chi connectivity index (χ4v) is 8.30. The van der Waals surface area contributed by atoms with Crippen LogP contribution in [0.5, 0.6) is 0 Å². The highest BCUT2D eigenvalue weighted by Gasteiger charge is 2.66. The molecule has 0 N–H and O–H groups in total. The maximum atomic E-state index is 7.35. The molecule has 2 spiro atoms. The molecule has 1 saturated heterocycles. The lowest BCUT2D eigenvalue weighted by atomic mass is 9.58. The molecule has 6 unspecified atom stereocenters. The van der Waals surface area contributed by atoms with Crippen molar-refractivity contribution in [2.24, 2.45) is 17.3 Å². The van der Waals surface area contributed by atoms with Crippen LogP contribution in [0.25, 0.3) is 10.8 Å². The Balaban J connectivity index is 1.30. The van der Waals surface area contributed by atoms with Gasteiger partial charge in [0.2, 0.25) is 0 Å². The standard InChI is InChI=1S/C30H33NO/c1-3-20-4-7-24-17-25-10-12-28(2)26(22-6-5-21-11-15-31-19-23(21)16-22)8-9-27(28)30(25)14-13-29(24,18-20)32-30/h4-7,10-11,15-17,19-20,26-27H,3,8-9,12-14,18H2,1-2H3. The zero-order valence-electron chi connectivity index (χ0n) is 19.3. The van der Waals surface area contributed by atoms with Crippen LogP contribution in [0.3, 0.4) is 0 Å². The summed E-state index contributed by atoms with van der Waals surface area (Å²) >= 11 is 0. The zero-order chi connectivity index (χ0) is 21.6. The predicted octanol–water partition coefficient (Wildman–Crippen LogP) is 7.28. The van der Waals surface area contributed by atoms with Gasteiger partial charge in [0.05, 0.1) is 11.2 Å². The first kappa shape index (κ1) is 19.3. The molecule has 6 atom stereocenters. The second-order valence-electron chi connectivity index (χ2n) is 11.4. The average Bonchev–Trinajstić information content (AvgIpc) is 3.33. The Morgan fingerprint density at radius 2 is 2.03 bits per heavy atom.